The molecule has 4 rings (SSSR count). The van der Waals surface area contributed by atoms with Gasteiger partial charge in [-0.2, -0.15) is 5.10 Å². The minimum atomic E-state index is -0.172. The summed E-state index contributed by atoms with van der Waals surface area (Å²) in [6, 6.07) is 9.85. The number of likely N-dealkylation sites (tertiary alicyclic amines) is 1. The lowest BCUT2D eigenvalue weighted by molar-refractivity contribution is -0.122. The van der Waals surface area contributed by atoms with Crippen LogP contribution >= 0.6 is 0 Å². The molecule has 1 aliphatic heterocycles. The van der Waals surface area contributed by atoms with Gasteiger partial charge in [0.25, 0.3) is 0 Å². The van der Waals surface area contributed by atoms with Crippen LogP contribution in [0.5, 0.6) is 0 Å². The molecule has 1 amide bonds. The molecule has 1 atom stereocenters. The number of carbonyl (C=O) groups excluding carboxylic acids is 1. The number of aromatic nitrogens is 2. The Hall–Kier alpha value is -2.18. The topological polar surface area (TPSA) is 59.4 Å². The summed E-state index contributed by atoms with van der Waals surface area (Å²) in [6.45, 7) is 7.77. The number of ether oxygens (including phenoxy) is 1. The fourth-order valence-corrected chi connectivity index (χ4v) is 4.91. The normalized spacial score (nSPS) is 20.0. The standard InChI is InChI=1S/C25H36N4O2/c1-18-24(19(2)29(27-18)21-10-6-4-7-11-21)26-25(30)20(3)28-16-14-23(15-17-28)31-22-12-8-5-9-13-22/h4,6-7,10-11,20,22-23H,5,8-9,12-17H2,1-3H3,(H,26,30). The summed E-state index contributed by atoms with van der Waals surface area (Å²) >= 11 is 0. The number of aryl methyl sites for hydroxylation is 1. The van der Waals surface area contributed by atoms with Crippen molar-refractivity contribution < 1.29 is 9.53 Å². The SMILES string of the molecule is Cc1nn(-c2ccccc2)c(C)c1NC(=O)C(C)N1CCC(OC2CCCCC2)CC1. The molecule has 2 aromatic rings. The fourth-order valence-electron chi connectivity index (χ4n) is 4.91. The highest BCUT2D eigenvalue weighted by Gasteiger charge is 2.29. The zero-order valence-corrected chi connectivity index (χ0v) is 19.1. The number of rotatable bonds is 6. The summed E-state index contributed by atoms with van der Waals surface area (Å²) in [4.78, 5) is 15.3. The first-order valence-corrected chi connectivity index (χ1v) is 11.8. The molecule has 0 bridgehead atoms. The van der Waals surface area contributed by atoms with Gasteiger partial charge in [-0.1, -0.05) is 37.5 Å². The third kappa shape index (κ3) is 5.18. The van der Waals surface area contributed by atoms with Crippen molar-refractivity contribution in [2.45, 2.75) is 84.0 Å². The molecular weight excluding hydrogens is 388 g/mol. The van der Waals surface area contributed by atoms with E-state index in [2.05, 4.69) is 15.3 Å². The molecule has 1 aromatic heterocycles. The van der Waals surface area contributed by atoms with E-state index in [0.29, 0.717) is 12.2 Å². The minimum absolute atomic E-state index is 0.0328. The second-order valence-electron chi connectivity index (χ2n) is 9.09. The predicted octanol–water partition coefficient (Wildman–Crippen LogP) is 4.63. The van der Waals surface area contributed by atoms with Crippen molar-refractivity contribution >= 4 is 11.6 Å². The van der Waals surface area contributed by atoms with Gasteiger partial charge in [0.05, 0.1) is 41.0 Å². The maximum Gasteiger partial charge on any atom is 0.241 e. The number of nitrogens with one attached hydrogen (secondary N) is 1. The molecule has 2 aliphatic rings. The summed E-state index contributed by atoms with van der Waals surface area (Å²) in [6.07, 6.45) is 9.23. The van der Waals surface area contributed by atoms with E-state index in [1.54, 1.807) is 0 Å². The molecule has 2 fully saturated rings. The lowest BCUT2D eigenvalue weighted by Gasteiger charge is -2.37. The quantitative estimate of drug-likeness (QED) is 0.734. The highest BCUT2D eigenvalue weighted by atomic mass is 16.5. The number of nitrogens with zero attached hydrogens (tertiary/aromatic N) is 3. The van der Waals surface area contributed by atoms with E-state index in [1.165, 1.54) is 32.1 Å². The fraction of sp³-hybridized carbons (Fsp3) is 0.600. The van der Waals surface area contributed by atoms with Crippen molar-refractivity contribution in [3.8, 4) is 5.69 Å². The monoisotopic (exact) mass is 424 g/mol. The Labute approximate surface area is 186 Å². The van der Waals surface area contributed by atoms with Gasteiger partial charge in [-0.05, 0) is 58.6 Å². The van der Waals surface area contributed by atoms with Gasteiger partial charge < -0.3 is 10.1 Å². The number of anilines is 1. The van der Waals surface area contributed by atoms with Gasteiger partial charge in [0.15, 0.2) is 0 Å². The Bertz CT molecular complexity index is 865. The number of carbonyl (C=O) groups is 1. The zero-order valence-electron chi connectivity index (χ0n) is 19.1. The van der Waals surface area contributed by atoms with E-state index in [4.69, 9.17) is 4.74 Å². The Morgan fingerprint density at radius 2 is 1.68 bits per heavy atom. The molecule has 1 unspecified atom stereocenters. The van der Waals surface area contributed by atoms with Crippen LogP contribution in [-0.4, -0.2) is 51.9 Å². The van der Waals surface area contributed by atoms with Crippen LogP contribution < -0.4 is 5.32 Å². The molecule has 1 N–H and O–H groups in total. The average Bonchev–Trinajstić information content (AvgIpc) is 3.08. The molecule has 2 heterocycles. The van der Waals surface area contributed by atoms with Gasteiger partial charge in [0, 0.05) is 13.1 Å². The molecule has 31 heavy (non-hydrogen) atoms. The van der Waals surface area contributed by atoms with Crippen LogP contribution in [-0.2, 0) is 9.53 Å². The van der Waals surface area contributed by atoms with E-state index in [1.807, 2.05) is 55.8 Å². The van der Waals surface area contributed by atoms with Crippen molar-refractivity contribution in [3.63, 3.8) is 0 Å². The average molecular weight is 425 g/mol. The molecule has 0 spiro atoms. The number of para-hydroxylation sites is 1. The molecule has 1 aliphatic carbocycles. The van der Waals surface area contributed by atoms with Gasteiger partial charge >= 0.3 is 0 Å². The smallest absolute Gasteiger partial charge is 0.241 e. The first-order valence-electron chi connectivity index (χ1n) is 11.8. The van der Waals surface area contributed by atoms with Crippen LogP contribution in [0.4, 0.5) is 5.69 Å². The molecule has 1 saturated carbocycles. The highest BCUT2D eigenvalue weighted by Crippen LogP contribution is 2.26. The second-order valence-corrected chi connectivity index (χ2v) is 9.09. The third-order valence-corrected chi connectivity index (χ3v) is 6.88. The maximum absolute atomic E-state index is 13.0. The molecule has 6 nitrogen and oxygen atoms in total. The minimum Gasteiger partial charge on any atom is -0.375 e. The molecule has 0 radical (unpaired) electrons. The summed E-state index contributed by atoms with van der Waals surface area (Å²) in [5, 5.41) is 7.79. The number of hydrogen-bond acceptors (Lipinski definition) is 4. The van der Waals surface area contributed by atoms with Crippen LogP contribution in [0.25, 0.3) is 5.69 Å². The molecule has 1 aromatic carbocycles. The Balaban J connectivity index is 1.33. The summed E-state index contributed by atoms with van der Waals surface area (Å²) in [5.41, 5.74) is 3.60. The first-order chi connectivity index (χ1) is 15.0. The number of benzene rings is 1. The highest BCUT2D eigenvalue weighted by molar-refractivity contribution is 5.95. The predicted molar refractivity (Wildman–Crippen MR) is 124 cm³/mol. The second kappa shape index (κ2) is 9.96. The van der Waals surface area contributed by atoms with Crippen LogP contribution in [0.15, 0.2) is 30.3 Å². The van der Waals surface area contributed by atoms with E-state index in [9.17, 15) is 4.79 Å². The van der Waals surface area contributed by atoms with Gasteiger partial charge in [-0.25, -0.2) is 4.68 Å². The Kier molecular flexibility index (Phi) is 7.08. The van der Waals surface area contributed by atoms with Gasteiger partial charge in [0.1, 0.15) is 0 Å². The van der Waals surface area contributed by atoms with Crippen molar-refractivity contribution in [2.75, 3.05) is 18.4 Å². The van der Waals surface area contributed by atoms with Crippen LogP contribution in [0.1, 0.15) is 63.3 Å². The Morgan fingerprint density at radius 1 is 1.03 bits per heavy atom. The number of piperidine rings is 1. The van der Waals surface area contributed by atoms with Crippen molar-refractivity contribution in [1.82, 2.24) is 14.7 Å². The first kappa shape index (κ1) is 22.0. The lowest BCUT2D eigenvalue weighted by Crippen LogP contribution is -2.48. The molecule has 6 heteroatoms. The van der Waals surface area contributed by atoms with Crippen molar-refractivity contribution in [1.29, 1.82) is 0 Å². The third-order valence-electron chi connectivity index (χ3n) is 6.88. The summed E-state index contributed by atoms with van der Waals surface area (Å²) in [7, 11) is 0. The van der Waals surface area contributed by atoms with E-state index >= 15 is 0 Å². The molecular formula is C25H36N4O2. The van der Waals surface area contributed by atoms with E-state index in [0.717, 1.165) is 48.7 Å². The van der Waals surface area contributed by atoms with Crippen molar-refractivity contribution in [2.24, 2.45) is 0 Å². The van der Waals surface area contributed by atoms with Gasteiger partial charge in [-0.15, -0.1) is 0 Å². The summed E-state index contributed by atoms with van der Waals surface area (Å²) < 4.78 is 8.25. The van der Waals surface area contributed by atoms with E-state index in [-0.39, 0.29) is 11.9 Å². The summed E-state index contributed by atoms with van der Waals surface area (Å²) in [5.74, 6) is 0.0328. The van der Waals surface area contributed by atoms with Gasteiger partial charge in [-0.3, -0.25) is 9.69 Å². The maximum atomic E-state index is 13.0. The molecule has 168 valence electrons. The van der Waals surface area contributed by atoms with Gasteiger partial charge in [0.2, 0.25) is 5.91 Å². The number of amides is 1. The Morgan fingerprint density at radius 3 is 2.35 bits per heavy atom. The van der Waals surface area contributed by atoms with E-state index < -0.39 is 0 Å². The lowest BCUT2D eigenvalue weighted by atomic mass is 9.97. The van der Waals surface area contributed by atoms with Crippen molar-refractivity contribution in [3.05, 3.63) is 41.7 Å². The number of hydrogen-bond donors (Lipinski definition) is 1. The largest absolute Gasteiger partial charge is 0.375 e. The van der Waals surface area contributed by atoms with Crippen LogP contribution in [0.3, 0.4) is 0 Å². The van der Waals surface area contributed by atoms with Crippen LogP contribution in [0.2, 0.25) is 0 Å². The molecule has 1 saturated heterocycles. The zero-order chi connectivity index (χ0) is 21.8. The van der Waals surface area contributed by atoms with Crippen LogP contribution in [0, 0.1) is 13.8 Å².